The monoisotopic (exact) mass is 240 g/mol. The Morgan fingerprint density at radius 1 is 1.56 bits per heavy atom. The molecule has 1 aliphatic rings. The zero-order valence-electron chi connectivity index (χ0n) is 9.01. The molecule has 1 rings (SSSR count). The second-order valence-electron chi connectivity index (χ2n) is 3.56. The Morgan fingerprint density at radius 2 is 2.25 bits per heavy atom. The molecule has 0 aromatic heterocycles. The maximum Gasteiger partial charge on any atom is 0.411 e. The molecule has 0 aromatic carbocycles. The van der Waals surface area contributed by atoms with Crippen LogP contribution in [0.25, 0.3) is 0 Å². The van der Waals surface area contributed by atoms with Gasteiger partial charge in [-0.2, -0.15) is 13.2 Å². The molecule has 4 nitrogen and oxygen atoms in total. The molecule has 94 valence electrons. The van der Waals surface area contributed by atoms with E-state index in [1.165, 1.54) is 4.90 Å². The average molecular weight is 240 g/mol. The molecule has 1 amide bonds. The third-order valence-corrected chi connectivity index (χ3v) is 2.31. The summed E-state index contributed by atoms with van der Waals surface area (Å²) in [6.45, 7) is 0.987. The fourth-order valence-electron chi connectivity index (χ4n) is 1.59. The summed E-state index contributed by atoms with van der Waals surface area (Å²) in [5.41, 5.74) is 0. The van der Waals surface area contributed by atoms with Gasteiger partial charge < -0.3 is 9.64 Å². The van der Waals surface area contributed by atoms with Crippen LogP contribution < -0.4 is 5.32 Å². The first kappa shape index (κ1) is 13.2. The quantitative estimate of drug-likeness (QED) is 0.720. The van der Waals surface area contributed by atoms with E-state index >= 15 is 0 Å². The molecule has 0 saturated carbocycles. The van der Waals surface area contributed by atoms with Crippen LogP contribution in [0.4, 0.5) is 13.2 Å². The summed E-state index contributed by atoms with van der Waals surface area (Å²) < 4.78 is 39.7. The Balaban J connectivity index is 2.23. The number of nitrogens with one attached hydrogen (secondary N) is 1. The van der Waals surface area contributed by atoms with Crippen molar-refractivity contribution in [1.29, 1.82) is 0 Å². The molecule has 7 heteroatoms. The van der Waals surface area contributed by atoms with Crippen LogP contribution in [0.5, 0.6) is 0 Å². The van der Waals surface area contributed by atoms with Crippen molar-refractivity contribution < 1.29 is 22.7 Å². The number of rotatable bonds is 5. The van der Waals surface area contributed by atoms with Crippen LogP contribution >= 0.6 is 0 Å². The summed E-state index contributed by atoms with van der Waals surface area (Å²) in [4.78, 5) is 12.8. The van der Waals surface area contributed by atoms with Gasteiger partial charge in [-0.3, -0.25) is 10.1 Å². The molecular formula is C9H15F3N2O2. The minimum Gasteiger partial charge on any atom is -0.370 e. The van der Waals surface area contributed by atoms with Gasteiger partial charge >= 0.3 is 6.18 Å². The lowest BCUT2D eigenvalue weighted by Crippen LogP contribution is -2.39. The number of hydrogen-bond donors (Lipinski definition) is 1. The molecular weight excluding hydrogens is 225 g/mol. The number of halogens is 3. The van der Waals surface area contributed by atoms with Crippen LogP contribution in [0.3, 0.4) is 0 Å². The summed E-state index contributed by atoms with van der Waals surface area (Å²) in [6, 6.07) is 0. The Bertz CT molecular complexity index is 245. The number of nitrogens with zero attached hydrogens (tertiary/aromatic N) is 1. The van der Waals surface area contributed by atoms with Gasteiger partial charge in [-0.25, -0.2) is 0 Å². The van der Waals surface area contributed by atoms with Crippen LogP contribution in [-0.2, 0) is 9.53 Å². The normalized spacial score (nSPS) is 21.9. The molecule has 0 radical (unpaired) electrons. The Morgan fingerprint density at radius 3 is 2.81 bits per heavy atom. The summed E-state index contributed by atoms with van der Waals surface area (Å²) >= 11 is 0. The van der Waals surface area contributed by atoms with E-state index < -0.39 is 12.8 Å². The van der Waals surface area contributed by atoms with E-state index in [4.69, 9.17) is 0 Å². The van der Waals surface area contributed by atoms with E-state index in [2.05, 4.69) is 10.1 Å². The summed E-state index contributed by atoms with van der Waals surface area (Å²) in [5.74, 6) is -0.0949. The standard InChI is InChI=1S/C9H15F3N2O2/c1-2-7-13-5-8(15)14(7)3-4-16-6-9(10,11)12/h7,13H,2-6H2,1H3. The maximum atomic E-state index is 11.8. The van der Waals surface area contributed by atoms with Gasteiger partial charge in [-0.1, -0.05) is 6.92 Å². The molecule has 0 spiro atoms. The lowest BCUT2D eigenvalue weighted by atomic mass is 10.3. The Kier molecular flexibility index (Phi) is 4.55. The van der Waals surface area contributed by atoms with Crippen molar-refractivity contribution >= 4 is 5.91 Å². The first-order valence-electron chi connectivity index (χ1n) is 5.11. The molecule has 1 N–H and O–H groups in total. The lowest BCUT2D eigenvalue weighted by Gasteiger charge is -2.23. The molecule has 0 aliphatic carbocycles. The molecule has 1 atom stereocenters. The van der Waals surface area contributed by atoms with Gasteiger partial charge in [-0.15, -0.1) is 0 Å². The minimum absolute atomic E-state index is 0.0815. The van der Waals surface area contributed by atoms with Gasteiger partial charge in [0, 0.05) is 6.54 Å². The molecule has 0 aromatic rings. The van der Waals surface area contributed by atoms with Crippen molar-refractivity contribution in [2.45, 2.75) is 25.7 Å². The summed E-state index contributed by atoms with van der Waals surface area (Å²) in [6.07, 6.45) is -3.66. The van der Waals surface area contributed by atoms with Crippen LogP contribution in [0.2, 0.25) is 0 Å². The van der Waals surface area contributed by atoms with E-state index in [9.17, 15) is 18.0 Å². The predicted molar refractivity (Wildman–Crippen MR) is 50.7 cm³/mol. The molecule has 1 saturated heterocycles. The third kappa shape index (κ3) is 3.97. The minimum atomic E-state index is -4.31. The molecule has 1 unspecified atom stereocenters. The topological polar surface area (TPSA) is 41.6 Å². The van der Waals surface area contributed by atoms with Crippen molar-refractivity contribution in [2.75, 3.05) is 26.3 Å². The highest BCUT2D eigenvalue weighted by Gasteiger charge is 2.30. The second-order valence-corrected chi connectivity index (χ2v) is 3.56. The zero-order valence-corrected chi connectivity index (χ0v) is 9.01. The van der Waals surface area contributed by atoms with Crippen LogP contribution in [0, 0.1) is 0 Å². The molecule has 16 heavy (non-hydrogen) atoms. The van der Waals surface area contributed by atoms with Gasteiger partial charge in [-0.05, 0) is 6.42 Å². The molecule has 1 fully saturated rings. The SMILES string of the molecule is CCC1NCC(=O)N1CCOCC(F)(F)F. The second kappa shape index (κ2) is 5.49. The fraction of sp³-hybridized carbons (Fsp3) is 0.889. The first-order chi connectivity index (χ1) is 7.44. The number of carbonyl (C=O) groups excluding carboxylic acids is 1. The van der Waals surface area contributed by atoms with E-state index in [0.29, 0.717) is 0 Å². The van der Waals surface area contributed by atoms with Crippen molar-refractivity contribution in [2.24, 2.45) is 0 Å². The number of alkyl halides is 3. The van der Waals surface area contributed by atoms with Crippen LogP contribution in [0.1, 0.15) is 13.3 Å². The Labute approximate surface area is 91.7 Å². The highest BCUT2D eigenvalue weighted by atomic mass is 19.4. The van der Waals surface area contributed by atoms with Gasteiger partial charge in [0.25, 0.3) is 0 Å². The van der Waals surface area contributed by atoms with Gasteiger partial charge in [0.2, 0.25) is 5.91 Å². The van der Waals surface area contributed by atoms with Crippen LogP contribution in [-0.4, -0.2) is 49.5 Å². The number of amides is 1. The fourth-order valence-corrected chi connectivity index (χ4v) is 1.59. The van der Waals surface area contributed by atoms with E-state index in [0.717, 1.165) is 6.42 Å². The van der Waals surface area contributed by atoms with Crippen molar-refractivity contribution in [1.82, 2.24) is 10.2 Å². The molecule has 1 heterocycles. The van der Waals surface area contributed by atoms with Crippen LogP contribution in [0.15, 0.2) is 0 Å². The first-order valence-corrected chi connectivity index (χ1v) is 5.11. The van der Waals surface area contributed by atoms with Gasteiger partial charge in [0.1, 0.15) is 6.61 Å². The summed E-state index contributed by atoms with van der Waals surface area (Å²) in [7, 11) is 0. The lowest BCUT2D eigenvalue weighted by molar-refractivity contribution is -0.174. The van der Waals surface area contributed by atoms with E-state index in [-0.39, 0.29) is 31.8 Å². The third-order valence-electron chi connectivity index (χ3n) is 2.31. The average Bonchev–Trinajstić information content (AvgIpc) is 2.53. The van der Waals surface area contributed by atoms with Crippen molar-refractivity contribution in [3.05, 3.63) is 0 Å². The smallest absolute Gasteiger partial charge is 0.370 e. The van der Waals surface area contributed by atoms with Crippen molar-refractivity contribution in [3.63, 3.8) is 0 Å². The number of ether oxygens (including phenoxy) is 1. The largest absolute Gasteiger partial charge is 0.411 e. The zero-order chi connectivity index (χ0) is 12.2. The molecule has 0 bridgehead atoms. The predicted octanol–water partition coefficient (Wildman–Crippen LogP) is 0.733. The number of carbonyl (C=O) groups is 1. The van der Waals surface area contributed by atoms with Crippen molar-refractivity contribution in [3.8, 4) is 0 Å². The highest BCUT2D eigenvalue weighted by molar-refractivity contribution is 5.80. The van der Waals surface area contributed by atoms with Gasteiger partial charge in [0.05, 0.1) is 19.3 Å². The van der Waals surface area contributed by atoms with E-state index in [1.807, 2.05) is 6.92 Å². The maximum absolute atomic E-state index is 11.8. The number of hydrogen-bond acceptors (Lipinski definition) is 3. The van der Waals surface area contributed by atoms with Gasteiger partial charge in [0.15, 0.2) is 0 Å². The summed E-state index contributed by atoms with van der Waals surface area (Å²) in [5, 5.41) is 2.96. The highest BCUT2D eigenvalue weighted by Crippen LogP contribution is 2.14. The van der Waals surface area contributed by atoms with E-state index in [1.54, 1.807) is 0 Å². The molecule has 1 aliphatic heterocycles. The Hall–Kier alpha value is -0.820.